The number of benzene rings is 1. The van der Waals surface area contributed by atoms with Gasteiger partial charge in [0.2, 0.25) is 0 Å². The van der Waals surface area contributed by atoms with Crippen LogP contribution in [0.4, 0.5) is 4.39 Å². The van der Waals surface area contributed by atoms with E-state index in [-0.39, 0.29) is 17.8 Å². The lowest BCUT2D eigenvalue weighted by Crippen LogP contribution is -2.02. The first kappa shape index (κ1) is 8.20. The van der Waals surface area contributed by atoms with Gasteiger partial charge in [-0.2, -0.15) is 0 Å². The molecule has 2 atom stereocenters. The van der Waals surface area contributed by atoms with Crippen LogP contribution in [0.25, 0.3) is 0 Å². The molecule has 0 aliphatic heterocycles. The van der Waals surface area contributed by atoms with Gasteiger partial charge in [-0.3, -0.25) is 0 Å². The van der Waals surface area contributed by atoms with E-state index in [0.29, 0.717) is 0 Å². The standard InChI is InChI=1S/C9H9BrFN/c10-5-1-2-6(8(11)3-5)7-4-9(7)12/h1-3,7,9H,4,12H2/t7-,9-/m1/s1. The third kappa shape index (κ3) is 1.39. The summed E-state index contributed by atoms with van der Waals surface area (Å²) in [6.45, 7) is 0. The second-order valence-electron chi connectivity index (χ2n) is 3.17. The van der Waals surface area contributed by atoms with Crippen molar-refractivity contribution >= 4 is 15.9 Å². The van der Waals surface area contributed by atoms with Crippen LogP contribution < -0.4 is 5.73 Å². The maximum Gasteiger partial charge on any atom is 0.127 e. The van der Waals surface area contributed by atoms with Gasteiger partial charge in [0.15, 0.2) is 0 Å². The van der Waals surface area contributed by atoms with Crippen molar-refractivity contribution in [2.24, 2.45) is 5.73 Å². The van der Waals surface area contributed by atoms with Gasteiger partial charge >= 0.3 is 0 Å². The smallest absolute Gasteiger partial charge is 0.127 e. The maximum atomic E-state index is 13.2. The first-order valence-corrected chi connectivity index (χ1v) is 4.68. The largest absolute Gasteiger partial charge is 0.327 e. The van der Waals surface area contributed by atoms with Gasteiger partial charge in [0.25, 0.3) is 0 Å². The molecule has 0 heterocycles. The highest BCUT2D eigenvalue weighted by atomic mass is 79.9. The summed E-state index contributed by atoms with van der Waals surface area (Å²) in [5, 5.41) is 0. The summed E-state index contributed by atoms with van der Waals surface area (Å²) in [6.07, 6.45) is 0.915. The Hall–Kier alpha value is -0.410. The highest BCUT2D eigenvalue weighted by Gasteiger charge is 2.36. The molecule has 64 valence electrons. The second-order valence-corrected chi connectivity index (χ2v) is 4.09. The predicted molar refractivity (Wildman–Crippen MR) is 49.4 cm³/mol. The highest BCUT2D eigenvalue weighted by Crippen LogP contribution is 2.40. The number of hydrogen-bond acceptors (Lipinski definition) is 1. The zero-order valence-electron chi connectivity index (χ0n) is 6.43. The minimum Gasteiger partial charge on any atom is -0.327 e. The minimum absolute atomic E-state index is 0.151. The Bertz CT molecular complexity index is 313. The summed E-state index contributed by atoms with van der Waals surface area (Å²) in [5.41, 5.74) is 6.38. The Balaban J connectivity index is 2.33. The zero-order chi connectivity index (χ0) is 8.72. The topological polar surface area (TPSA) is 26.0 Å². The van der Waals surface area contributed by atoms with Crippen LogP contribution in [0.3, 0.4) is 0 Å². The molecule has 0 spiro atoms. The molecular formula is C9H9BrFN. The molecular weight excluding hydrogens is 221 g/mol. The van der Waals surface area contributed by atoms with E-state index in [2.05, 4.69) is 15.9 Å². The van der Waals surface area contributed by atoms with E-state index in [4.69, 9.17) is 5.73 Å². The van der Waals surface area contributed by atoms with E-state index in [1.807, 2.05) is 6.07 Å². The van der Waals surface area contributed by atoms with Gasteiger partial charge in [0.1, 0.15) is 5.82 Å². The second kappa shape index (κ2) is 2.82. The number of rotatable bonds is 1. The molecule has 0 unspecified atom stereocenters. The molecule has 0 amide bonds. The highest BCUT2D eigenvalue weighted by molar-refractivity contribution is 9.10. The normalized spacial score (nSPS) is 27.2. The van der Waals surface area contributed by atoms with E-state index in [9.17, 15) is 4.39 Å². The van der Waals surface area contributed by atoms with Crippen molar-refractivity contribution in [3.63, 3.8) is 0 Å². The fourth-order valence-corrected chi connectivity index (χ4v) is 1.71. The van der Waals surface area contributed by atoms with Crippen LogP contribution >= 0.6 is 15.9 Å². The third-order valence-corrected chi connectivity index (χ3v) is 2.70. The monoisotopic (exact) mass is 229 g/mol. The molecule has 1 aliphatic rings. The van der Waals surface area contributed by atoms with Gasteiger partial charge in [-0.05, 0) is 24.1 Å². The molecule has 1 aliphatic carbocycles. The van der Waals surface area contributed by atoms with Gasteiger partial charge in [-0.1, -0.05) is 22.0 Å². The fourth-order valence-electron chi connectivity index (χ4n) is 1.37. The van der Waals surface area contributed by atoms with Crippen molar-refractivity contribution in [2.45, 2.75) is 18.4 Å². The average Bonchev–Trinajstić information content (AvgIpc) is 2.66. The molecule has 1 nitrogen and oxygen atoms in total. The van der Waals surface area contributed by atoms with Crippen LogP contribution in [0.15, 0.2) is 22.7 Å². The maximum absolute atomic E-state index is 13.2. The number of halogens is 2. The SMILES string of the molecule is N[C@@H]1C[C@@H]1c1ccc(Br)cc1F. The van der Waals surface area contributed by atoms with E-state index < -0.39 is 0 Å². The number of nitrogens with two attached hydrogens (primary N) is 1. The van der Waals surface area contributed by atoms with Crippen LogP contribution in [0.5, 0.6) is 0 Å². The Morgan fingerprint density at radius 3 is 2.67 bits per heavy atom. The predicted octanol–water partition coefficient (Wildman–Crippen LogP) is 2.40. The van der Waals surface area contributed by atoms with E-state index in [1.165, 1.54) is 6.07 Å². The van der Waals surface area contributed by atoms with Crippen molar-refractivity contribution in [3.05, 3.63) is 34.1 Å². The van der Waals surface area contributed by atoms with Crippen LogP contribution in [0, 0.1) is 5.82 Å². The molecule has 3 heteroatoms. The molecule has 1 aromatic rings. The summed E-state index contributed by atoms with van der Waals surface area (Å²) >= 11 is 3.21. The molecule has 0 aromatic heterocycles. The van der Waals surface area contributed by atoms with Crippen molar-refractivity contribution in [3.8, 4) is 0 Å². The molecule has 1 aromatic carbocycles. The van der Waals surface area contributed by atoms with Gasteiger partial charge in [0, 0.05) is 16.4 Å². The lowest BCUT2D eigenvalue weighted by atomic mass is 10.1. The van der Waals surface area contributed by atoms with E-state index in [1.54, 1.807) is 6.07 Å². The van der Waals surface area contributed by atoms with Gasteiger partial charge in [0.05, 0.1) is 0 Å². The Morgan fingerprint density at radius 1 is 1.50 bits per heavy atom. The molecule has 0 radical (unpaired) electrons. The lowest BCUT2D eigenvalue weighted by Gasteiger charge is -2.00. The van der Waals surface area contributed by atoms with Gasteiger partial charge in [-0.25, -0.2) is 4.39 Å². The Morgan fingerprint density at radius 2 is 2.17 bits per heavy atom. The van der Waals surface area contributed by atoms with Crippen LogP contribution in [-0.2, 0) is 0 Å². The molecule has 0 saturated heterocycles. The molecule has 0 bridgehead atoms. The minimum atomic E-state index is -0.151. The van der Waals surface area contributed by atoms with Crippen LogP contribution in [0.1, 0.15) is 17.9 Å². The van der Waals surface area contributed by atoms with Crippen LogP contribution in [0.2, 0.25) is 0 Å². The van der Waals surface area contributed by atoms with Crippen molar-refractivity contribution in [1.29, 1.82) is 0 Å². The van der Waals surface area contributed by atoms with Gasteiger partial charge < -0.3 is 5.73 Å². The average molecular weight is 230 g/mol. The Kier molecular flexibility index (Phi) is 1.93. The first-order valence-electron chi connectivity index (χ1n) is 3.89. The van der Waals surface area contributed by atoms with E-state index in [0.717, 1.165) is 16.5 Å². The van der Waals surface area contributed by atoms with E-state index >= 15 is 0 Å². The zero-order valence-corrected chi connectivity index (χ0v) is 8.01. The number of hydrogen-bond donors (Lipinski definition) is 1. The molecule has 2 rings (SSSR count). The summed E-state index contributed by atoms with van der Waals surface area (Å²) in [4.78, 5) is 0. The fraction of sp³-hybridized carbons (Fsp3) is 0.333. The summed E-state index contributed by atoms with van der Waals surface area (Å²) in [5.74, 6) is 0.0976. The van der Waals surface area contributed by atoms with Crippen LogP contribution in [-0.4, -0.2) is 6.04 Å². The molecule has 12 heavy (non-hydrogen) atoms. The summed E-state index contributed by atoms with van der Waals surface area (Å²) in [7, 11) is 0. The van der Waals surface area contributed by atoms with Crippen molar-refractivity contribution < 1.29 is 4.39 Å². The summed E-state index contributed by atoms with van der Waals surface area (Å²) in [6, 6.07) is 5.31. The molecule has 1 fully saturated rings. The van der Waals surface area contributed by atoms with Crippen molar-refractivity contribution in [2.75, 3.05) is 0 Å². The van der Waals surface area contributed by atoms with Crippen molar-refractivity contribution in [1.82, 2.24) is 0 Å². The third-order valence-electron chi connectivity index (χ3n) is 2.20. The lowest BCUT2D eigenvalue weighted by molar-refractivity contribution is 0.608. The molecule has 1 saturated carbocycles. The summed E-state index contributed by atoms with van der Waals surface area (Å²) < 4.78 is 14.0. The van der Waals surface area contributed by atoms with Gasteiger partial charge in [-0.15, -0.1) is 0 Å². The quantitative estimate of drug-likeness (QED) is 0.787. The Labute approximate surface area is 78.9 Å². The first-order chi connectivity index (χ1) is 5.68. The molecule has 2 N–H and O–H groups in total.